The molecule has 2 atom stereocenters. The molecule has 0 aliphatic rings. The molecular formula is C16H16Cl2FN. The van der Waals surface area contributed by atoms with Gasteiger partial charge in [0.15, 0.2) is 0 Å². The highest BCUT2D eigenvalue weighted by Crippen LogP contribution is 2.27. The molecule has 20 heavy (non-hydrogen) atoms. The van der Waals surface area contributed by atoms with E-state index in [1.54, 1.807) is 18.2 Å². The molecule has 2 aromatic carbocycles. The Balaban J connectivity index is 2.10. The molecule has 0 spiro atoms. The Morgan fingerprint density at radius 2 is 1.55 bits per heavy atom. The van der Waals surface area contributed by atoms with Gasteiger partial charge >= 0.3 is 0 Å². The normalized spacial score (nSPS) is 14.1. The molecule has 1 nitrogen and oxygen atoms in total. The number of rotatable bonds is 4. The van der Waals surface area contributed by atoms with Gasteiger partial charge in [0.2, 0.25) is 0 Å². The first-order valence-corrected chi connectivity index (χ1v) is 7.19. The number of nitrogens with one attached hydrogen (secondary N) is 1. The van der Waals surface area contributed by atoms with E-state index in [1.807, 2.05) is 32.0 Å². The maximum absolute atomic E-state index is 13.2. The fourth-order valence-corrected chi connectivity index (χ4v) is 2.43. The van der Waals surface area contributed by atoms with Crippen LogP contribution in [0.4, 0.5) is 4.39 Å². The molecule has 2 rings (SSSR count). The van der Waals surface area contributed by atoms with Crippen molar-refractivity contribution in [2.45, 2.75) is 25.9 Å². The van der Waals surface area contributed by atoms with Crippen LogP contribution in [-0.4, -0.2) is 0 Å². The second kappa shape index (κ2) is 6.57. The van der Waals surface area contributed by atoms with Gasteiger partial charge < -0.3 is 5.32 Å². The fraction of sp³-hybridized carbons (Fsp3) is 0.250. The lowest BCUT2D eigenvalue weighted by atomic mass is 10.0. The van der Waals surface area contributed by atoms with E-state index in [0.717, 1.165) is 11.1 Å². The van der Waals surface area contributed by atoms with Crippen LogP contribution < -0.4 is 5.32 Å². The minimum Gasteiger partial charge on any atom is -0.304 e. The molecule has 0 saturated carbocycles. The highest BCUT2D eigenvalue weighted by atomic mass is 35.5. The van der Waals surface area contributed by atoms with Crippen molar-refractivity contribution >= 4 is 23.2 Å². The summed E-state index contributed by atoms with van der Waals surface area (Å²) in [4.78, 5) is 0. The summed E-state index contributed by atoms with van der Waals surface area (Å²) in [5.41, 5.74) is 1.96. The van der Waals surface area contributed by atoms with Gasteiger partial charge in [0.25, 0.3) is 0 Å². The summed E-state index contributed by atoms with van der Waals surface area (Å²) < 4.78 is 13.2. The first-order valence-electron chi connectivity index (χ1n) is 6.44. The molecule has 0 saturated heterocycles. The molecule has 0 aliphatic carbocycles. The minimum absolute atomic E-state index is 0.0372. The average molecular weight is 312 g/mol. The standard InChI is InChI=1S/C16H16Cl2FN/c1-10(12-4-3-5-14(19)8-12)20-11(2)13-6-7-15(17)16(18)9-13/h3-11,20H,1-2H3/t10-,11?/m0/s1. The van der Waals surface area contributed by atoms with Gasteiger partial charge in [-0.3, -0.25) is 0 Å². The van der Waals surface area contributed by atoms with Crippen molar-refractivity contribution in [3.05, 3.63) is 69.5 Å². The number of benzene rings is 2. The van der Waals surface area contributed by atoms with E-state index < -0.39 is 0 Å². The van der Waals surface area contributed by atoms with Gasteiger partial charge in [-0.1, -0.05) is 41.4 Å². The molecule has 0 heterocycles. The molecule has 0 aromatic heterocycles. The van der Waals surface area contributed by atoms with E-state index >= 15 is 0 Å². The van der Waals surface area contributed by atoms with Crippen molar-refractivity contribution in [2.24, 2.45) is 0 Å². The van der Waals surface area contributed by atoms with Crippen LogP contribution in [0.1, 0.15) is 37.1 Å². The molecular weight excluding hydrogens is 296 g/mol. The van der Waals surface area contributed by atoms with Crippen LogP contribution in [0.25, 0.3) is 0 Å². The summed E-state index contributed by atoms with van der Waals surface area (Å²) in [5, 5.41) is 4.50. The SMILES string of the molecule is CC(N[C@@H](C)c1cccc(F)c1)c1ccc(Cl)c(Cl)c1. The number of halogens is 3. The zero-order valence-corrected chi connectivity index (χ0v) is 12.8. The summed E-state index contributed by atoms with van der Waals surface area (Å²) in [6, 6.07) is 12.3. The van der Waals surface area contributed by atoms with Crippen LogP contribution >= 0.6 is 23.2 Å². The molecule has 0 radical (unpaired) electrons. The predicted molar refractivity (Wildman–Crippen MR) is 82.8 cm³/mol. The van der Waals surface area contributed by atoms with Gasteiger partial charge in [-0.2, -0.15) is 0 Å². The molecule has 0 amide bonds. The van der Waals surface area contributed by atoms with E-state index in [4.69, 9.17) is 23.2 Å². The molecule has 4 heteroatoms. The fourth-order valence-electron chi connectivity index (χ4n) is 2.13. The largest absolute Gasteiger partial charge is 0.304 e. The minimum atomic E-state index is -0.224. The molecule has 1 unspecified atom stereocenters. The van der Waals surface area contributed by atoms with Crippen LogP contribution in [0, 0.1) is 5.82 Å². The number of hydrogen-bond acceptors (Lipinski definition) is 1. The topological polar surface area (TPSA) is 12.0 Å². The molecule has 2 aromatic rings. The van der Waals surface area contributed by atoms with Gasteiger partial charge in [0.05, 0.1) is 10.0 Å². The summed E-state index contributed by atoms with van der Waals surface area (Å²) in [6.45, 7) is 4.04. The summed E-state index contributed by atoms with van der Waals surface area (Å²) in [7, 11) is 0. The number of hydrogen-bond donors (Lipinski definition) is 1. The van der Waals surface area contributed by atoms with Crippen molar-refractivity contribution in [3.63, 3.8) is 0 Å². The maximum Gasteiger partial charge on any atom is 0.123 e. The molecule has 0 fully saturated rings. The Hall–Kier alpha value is -1.09. The second-order valence-electron chi connectivity index (χ2n) is 4.84. The van der Waals surface area contributed by atoms with Crippen molar-refractivity contribution in [3.8, 4) is 0 Å². The lowest BCUT2D eigenvalue weighted by Crippen LogP contribution is -2.22. The Labute approximate surface area is 128 Å². The van der Waals surface area contributed by atoms with E-state index in [2.05, 4.69) is 5.32 Å². The van der Waals surface area contributed by atoms with Gasteiger partial charge in [-0.15, -0.1) is 0 Å². The van der Waals surface area contributed by atoms with Gasteiger partial charge in [-0.25, -0.2) is 4.39 Å². The lowest BCUT2D eigenvalue weighted by Gasteiger charge is -2.21. The molecule has 106 valence electrons. The van der Waals surface area contributed by atoms with Crippen molar-refractivity contribution < 1.29 is 4.39 Å². The van der Waals surface area contributed by atoms with Crippen LogP contribution in [-0.2, 0) is 0 Å². The van der Waals surface area contributed by atoms with Crippen LogP contribution in [0.5, 0.6) is 0 Å². The smallest absolute Gasteiger partial charge is 0.123 e. The highest BCUT2D eigenvalue weighted by molar-refractivity contribution is 6.42. The first-order chi connectivity index (χ1) is 9.47. The third-order valence-corrected chi connectivity index (χ3v) is 4.03. The Morgan fingerprint density at radius 1 is 0.900 bits per heavy atom. The Bertz CT molecular complexity index is 601. The van der Waals surface area contributed by atoms with Crippen molar-refractivity contribution in [2.75, 3.05) is 0 Å². The van der Waals surface area contributed by atoms with Crippen molar-refractivity contribution in [1.82, 2.24) is 5.32 Å². The van der Waals surface area contributed by atoms with E-state index in [-0.39, 0.29) is 17.9 Å². The van der Waals surface area contributed by atoms with E-state index in [9.17, 15) is 4.39 Å². The summed E-state index contributed by atoms with van der Waals surface area (Å²) in [6.07, 6.45) is 0. The van der Waals surface area contributed by atoms with Crippen LogP contribution in [0.3, 0.4) is 0 Å². The van der Waals surface area contributed by atoms with Crippen LogP contribution in [0.15, 0.2) is 42.5 Å². The third-order valence-electron chi connectivity index (χ3n) is 3.29. The second-order valence-corrected chi connectivity index (χ2v) is 5.65. The summed E-state index contributed by atoms with van der Waals surface area (Å²) >= 11 is 11.9. The Morgan fingerprint density at radius 3 is 2.15 bits per heavy atom. The van der Waals surface area contributed by atoms with Gasteiger partial charge in [0, 0.05) is 12.1 Å². The van der Waals surface area contributed by atoms with E-state index in [0.29, 0.717) is 10.0 Å². The molecule has 0 bridgehead atoms. The van der Waals surface area contributed by atoms with Gasteiger partial charge in [0.1, 0.15) is 5.82 Å². The predicted octanol–water partition coefficient (Wildman–Crippen LogP) is 5.54. The zero-order valence-electron chi connectivity index (χ0n) is 11.3. The quantitative estimate of drug-likeness (QED) is 0.781. The first kappa shape index (κ1) is 15.3. The lowest BCUT2D eigenvalue weighted by molar-refractivity contribution is 0.492. The molecule has 0 aliphatic heterocycles. The zero-order chi connectivity index (χ0) is 14.7. The van der Waals surface area contributed by atoms with Crippen LogP contribution in [0.2, 0.25) is 10.0 Å². The maximum atomic E-state index is 13.2. The van der Waals surface area contributed by atoms with E-state index in [1.165, 1.54) is 6.07 Å². The highest BCUT2D eigenvalue weighted by Gasteiger charge is 2.12. The van der Waals surface area contributed by atoms with Crippen molar-refractivity contribution in [1.29, 1.82) is 0 Å². The molecule has 1 N–H and O–H groups in total. The summed E-state index contributed by atoms with van der Waals surface area (Å²) in [5.74, 6) is -0.224. The third kappa shape index (κ3) is 3.72. The Kier molecular flexibility index (Phi) is 5.03. The van der Waals surface area contributed by atoms with Gasteiger partial charge in [-0.05, 0) is 49.2 Å². The average Bonchev–Trinajstić information content (AvgIpc) is 2.41. The monoisotopic (exact) mass is 311 g/mol.